The van der Waals surface area contributed by atoms with E-state index in [0.29, 0.717) is 17.5 Å². The fourth-order valence-electron chi connectivity index (χ4n) is 8.67. The molecule has 9 aromatic carbocycles. The van der Waals surface area contributed by atoms with Crippen LogP contribution < -0.4 is 0 Å². The summed E-state index contributed by atoms with van der Waals surface area (Å²) in [6.07, 6.45) is 0. The second-order valence-corrected chi connectivity index (χ2v) is 14.8. The van der Waals surface area contributed by atoms with Gasteiger partial charge in [-0.1, -0.05) is 158 Å². The highest BCUT2D eigenvalue weighted by molar-refractivity contribution is 6.22. The van der Waals surface area contributed by atoms with E-state index in [1.165, 1.54) is 26.9 Å². The van der Waals surface area contributed by atoms with Gasteiger partial charge in [-0.2, -0.15) is 0 Å². The maximum Gasteiger partial charge on any atom is 0.164 e. The van der Waals surface area contributed by atoms with E-state index >= 15 is 0 Å². The van der Waals surface area contributed by atoms with Crippen molar-refractivity contribution in [1.82, 2.24) is 19.5 Å². The molecule has 5 heteroatoms. The molecule has 270 valence electrons. The highest BCUT2D eigenvalue weighted by Gasteiger charge is 2.21. The molecule has 0 aliphatic rings. The van der Waals surface area contributed by atoms with Gasteiger partial charge < -0.3 is 8.98 Å². The van der Waals surface area contributed by atoms with Crippen molar-refractivity contribution in [2.45, 2.75) is 0 Å². The first-order valence-electron chi connectivity index (χ1n) is 19.5. The highest BCUT2D eigenvalue weighted by atomic mass is 16.3. The Bertz CT molecular complexity index is 3560. The van der Waals surface area contributed by atoms with Gasteiger partial charge in [0, 0.05) is 32.8 Å². The smallest absolute Gasteiger partial charge is 0.164 e. The summed E-state index contributed by atoms with van der Waals surface area (Å²) >= 11 is 0. The predicted molar refractivity (Wildman–Crippen MR) is 238 cm³/mol. The van der Waals surface area contributed by atoms with Crippen molar-refractivity contribution < 1.29 is 4.42 Å². The first-order chi connectivity index (χ1) is 28.7. The van der Waals surface area contributed by atoms with E-state index in [-0.39, 0.29) is 0 Å². The minimum Gasteiger partial charge on any atom is -0.456 e. The molecular weight excluding hydrogens is 709 g/mol. The van der Waals surface area contributed by atoms with Gasteiger partial charge in [0.05, 0.1) is 22.1 Å². The quantitative estimate of drug-likeness (QED) is 0.176. The van der Waals surface area contributed by atoms with E-state index in [2.05, 4.69) is 162 Å². The van der Waals surface area contributed by atoms with Crippen LogP contribution in [0.15, 0.2) is 199 Å². The Morgan fingerprint density at radius 1 is 0.328 bits per heavy atom. The Labute approximate surface area is 333 Å². The summed E-state index contributed by atoms with van der Waals surface area (Å²) in [5.41, 5.74) is 10.00. The zero-order valence-corrected chi connectivity index (χ0v) is 31.2. The lowest BCUT2D eigenvalue weighted by atomic mass is 10.00. The molecule has 12 aromatic rings. The van der Waals surface area contributed by atoms with Gasteiger partial charge in [0.2, 0.25) is 0 Å². The number of fused-ring (bicyclic) bond motifs is 9. The van der Waals surface area contributed by atoms with Crippen molar-refractivity contribution in [3.05, 3.63) is 194 Å². The van der Waals surface area contributed by atoms with E-state index in [1.807, 2.05) is 36.4 Å². The zero-order chi connectivity index (χ0) is 38.2. The standard InChI is InChI=1S/C53H32N4O/c1-2-14-36(15-3-1)51-54-52(56-53(55-51)39-27-24-33-12-4-5-16-38(33)30-39)37-25-22-34(23-26-37)40-31-46(50-43-19-9-11-21-47(43)58-48(50)32-40)57-44-20-10-8-18-42(44)49-41-17-7-6-13-35(41)28-29-45(49)57/h1-32H. The summed E-state index contributed by atoms with van der Waals surface area (Å²) in [4.78, 5) is 15.1. The zero-order valence-electron chi connectivity index (χ0n) is 31.2. The molecule has 0 amide bonds. The van der Waals surface area contributed by atoms with Gasteiger partial charge in [-0.3, -0.25) is 0 Å². The molecule has 5 nitrogen and oxygen atoms in total. The van der Waals surface area contributed by atoms with Gasteiger partial charge >= 0.3 is 0 Å². The highest BCUT2D eigenvalue weighted by Crippen LogP contribution is 2.43. The molecule has 0 unspecified atom stereocenters. The second kappa shape index (κ2) is 12.8. The van der Waals surface area contributed by atoms with Crippen LogP contribution in [-0.2, 0) is 0 Å². The van der Waals surface area contributed by atoms with E-state index in [4.69, 9.17) is 19.4 Å². The van der Waals surface area contributed by atoms with Crippen LogP contribution in [0.1, 0.15) is 0 Å². The molecule has 0 fully saturated rings. The van der Waals surface area contributed by atoms with Crippen LogP contribution in [0.2, 0.25) is 0 Å². The predicted octanol–water partition coefficient (Wildman–Crippen LogP) is 13.8. The van der Waals surface area contributed by atoms with E-state index in [9.17, 15) is 0 Å². The molecule has 0 atom stereocenters. The van der Waals surface area contributed by atoms with Gasteiger partial charge in [-0.25, -0.2) is 15.0 Å². The van der Waals surface area contributed by atoms with Crippen molar-refractivity contribution in [3.8, 4) is 51.0 Å². The Morgan fingerprint density at radius 2 is 0.914 bits per heavy atom. The summed E-state index contributed by atoms with van der Waals surface area (Å²) in [5.74, 6) is 1.89. The molecule has 0 spiro atoms. The van der Waals surface area contributed by atoms with Crippen LogP contribution in [0.5, 0.6) is 0 Å². The fraction of sp³-hybridized carbons (Fsp3) is 0. The van der Waals surface area contributed by atoms with Gasteiger partial charge in [0.25, 0.3) is 0 Å². The Balaban J connectivity index is 1.04. The lowest BCUT2D eigenvalue weighted by Crippen LogP contribution is -2.00. The molecule has 0 bridgehead atoms. The van der Waals surface area contributed by atoms with Crippen molar-refractivity contribution in [1.29, 1.82) is 0 Å². The number of para-hydroxylation sites is 2. The van der Waals surface area contributed by atoms with E-state index in [0.717, 1.165) is 71.9 Å². The Morgan fingerprint density at radius 3 is 1.72 bits per heavy atom. The number of nitrogens with zero attached hydrogens (tertiary/aromatic N) is 4. The number of aromatic nitrogens is 4. The van der Waals surface area contributed by atoms with Crippen molar-refractivity contribution in [3.63, 3.8) is 0 Å². The summed E-state index contributed by atoms with van der Waals surface area (Å²) in [7, 11) is 0. The minimum absolute atomic E-state index is 0.620. The lowest BCUT2D eigenvalue weighted by Gasteiger charge is -2.13. The molecule has 0 saturated carbocycles. The van der Waals surface area contributed by atoms with Gasteiger partial charge in [-0.05, 0) is 69.1 Å². The first-order valence-corrected chi connectivity index (χ1v) is 19.5. The third-order valence-corrected chi connectivity index (χ3v) is 11.4. The molecule has 3 heterocycles. The Kier molecular flexibility index (Phi) is 7.16. The minimum atomic E-state index is 0.620. The maximum atomic E-state index is 6.64. The molecule has 12 rings (SSSR count). The SMILES string of the molecule is c1ccc(-c2nc(-c3ccc(-c4cc(-n5c6ccccc6c6c7ccccc7ccc65)c5c(c4)oc4ccccc45)cc3)nc(-c3ccc4ccccc4c3)n2)cc1. The van der Waals surface area contributed by atoms with Crippen molar-refractivity contribution in [2.24, 2.45) is 0 Å². The van der Waals surface area contributed by atoms with E-state index < -0.39 is 0 Å². The van der Waals surface area contributed by atoms with Crippen LogP contribution in [-0.4, -0.2) is 19.5 Å². The number of furan rings is 1. The first kappa shape index (κ1) is 32.4. The molecule has 0 saturated heterocycles. The number of hydrogen-bond donors (Lipinski definition) is 0. The van der Waals surface area contributed by atoms with Crippen LogP contribution in [0, 0.1) is 0 Å². The summed E-state index contributed by atoms with van der Waals surface area (Å²) < 4.78 is 9.06. The lowest BCUT2D eigenvalue weighted by molar-refractivity contribution is 0.669. The monoisotopic (exact) mass is 740 g/mol. The molecule has 0 radical (unpaired) electrons. The van der Waals surface area contributed by atoms with E-state index in [1.54, 1.807) is 0 Å². The van der Waals surface area contributed by atoms with Gasteiger partial charge in [-0.15, -0.1) is 0 Å². The second-order valence-electron chi connectivity index (χ2n) is 14.8. The van der Waals surface area contributed by atoms with Gasteiger partial charge in [0.1, 0.15) is 11.2 Å². The summed E-state index contributed by atoms with van der Waals surface area (Å²) in [5, 5.41) is 9.44. The van der Waals surface area contributed by atoms with Gasteiger partial charge in [0.15, 0.2) is 17.5 Å². The number of rotatable bonds is 5. The van der Waals surface area contributed by atoms with Crippen LogP contribution >= 0.6 is 0 Å². The number of hydrogen-bond acceptors (Lipinski definition) is 4. The van der Waals surface area contributed by atoms with Crippen molar-refractivity contribution in [2.75, 3.05) is 0 Å². The molecule has 58 heavy (non-hydrogen) atoms. The van der Waals surface area contributed by atoms with Crippen LogP contribution in [0.25, 0.3) is 116 Å². The summed E-state index contributed by atoms with van der Waals surface area (Å²) in [6.45, 7) is 0. The molecule has 0 aliphatic carbocycles. The molecule has 0 N–H and O–H groups in total. The average Bonchev–Trinajstić information content (AvgIpc) is 3.85. The third kappa shape index (κ3) is 5.14. The normalized spacial score (nSPS) is 11.8. The maximum absolute atomic E-state index is 6.64. The molecule has 0 aliphatic heterocycles. The topological polar surface area (TPSA) is 56.7 Å². The molecule has 3 aromatic heterocycles. The molecular formula is C53H32N4O. The van der Waals surface area contributed by atoms with Crippen molar-refractivity contribution >= 4 is 65.3 Å². The third-order valence-electron chi connectivity index (χ3n) is 11.4. The number of benzene rings is 9. The van der Waals surface area contributed by atoms with Crippen LogP contribution in [0.4, 0.5) is 0 Å². The summed E-state index contributed by atoms with van der Waals surface area (Å²) in [6, 6.07) is 68.1. The fourth-order valence-corrected chi connectivity index (χ4v) is 8.67. The van der Waals surface area contributed by atoms with Crippen LogP contribution in [0.3, 0.4) is 0 Å². The largest absolute Gasteiger partial charge is 0.456 e. The Hall–Kier alpha value is -7.89. The average molecular weight is 741 g/mol.